The van der Waals surface area contributed by atoms with E-state index in [0.717, 1.165) is 38.2 Å². The van der Waals surface area contributed by atoms with Crippen molar-refractivity contribution in [3.05, 3.63) is 30.3 Å². The Kier molecular flexibility index (Phi) is 10.7. The molecular formula is C23H35N5O4. The van der Waals surface area contributed by atoms with Crippen LogP contribution in [-0.4, -0.2) is 67.3 Å². The minimum Gasteiger partial charge on any atom is -0.368 e. The van der Waals surface area contributed by atoms with Gasteiger partial charge in [-0.05, 0) is 31.4 Å². The molecule has 1 saturated heterocycles. The molecule has 4 amide bonds. The molecule has 4 N–H and O–H groups in total. The summed E-state index contributed by atoms with van der Waals surface area (Å²) in [6, 6.07) is 10.0. The Morgan fingerprint density at radius 1 is 1.03 bits per heavy atom. The second-order valence-electron chi connectivity index (χ2n) is 7.97. The molecule has 0 atom stereocenters. The number of rotatable bonds is 12. The maximum atomic E-state index is 12.6. The molecule has 1 aliphatic rings. The molecule has 1 aromatic rings. The molecule has 0 spiro atoms. The zero-order valence-corrected chi connectivity index (χ0v) is 18.8. The molecule has 9 nitrogen and oxygen atoms in total. The van der Waals surface area contributed by atoms with E-state index in [2.05, 4.69) is 15.5 Å². The minimum absolute atomic E-state index is 0.0913. The van der Waals surface area contributed by atoms with Gasteiger partial charge in [0.15, 0.2) is 0 Å². The first-order valence-corrected chi connectivity index (χ1v) is 11.3. The van der Waals surface area contributed by atoms with Crippen molar-refractivity contribution in [3.63, 3.8) is 0 Å². The molecule has 9 heteroatoms. The third kappa shape index (κ3) is 8.66. The Bertz CT molecular complexity index is 763. The van der Waals surface area contributed by atoms with E-state index in [1.54, 1.807) is 0 Å². The van der Waals surface area contributed by atoms with Gasteiger partial charge in [0.1, 0.15) is 0 Å². The molecule has 0 unspecified atom stereocenters. The smallest absolute Gasteiger partial charge is 0.236 e. The predicted molar refractivity (Wildman–Crippen MR) is 123 cm³/mol. The van der Waals surface area contributed by atoms with Gasteiger partial charge in [-0.2, -0.15) is 0 Å². The normalized spacial score (nSPS) is 14.5. The molecule has 1 heterocycles. The van der Waals surface area contributed by atoms with E-state index < -0.39 is 5.91 Å². The van der Waals surface area contributed by atoms with Crippen molar-refractivity contribution in [2.24, 2.45) is 5.73 Å². The minimum atomic E-state index is -0.593. The molecule has 2 rings (SSSR count). The van der Waals surface area contributed by atoms with Crippen molar-refractivity contribution < 1.29 is 19.2 Å². The maximum absolute atomic E-state index is 12.6. The van der Waals surface area contributed by atoms with Crippen LogP contribution in [0.15, 0.2) is 30.3 Å². The van der Waals surface area contributed by atoms with Crippen LogP contribution in [0.3, 0.4) is 0 Å². The summed E-state index contributed by atoms with van der Waals surface area (Å²) < 4.78 is 0. The average Bonchev–Trinajstić information content (AvgIpc) is 2.79. The number of hydrogen-bond donors (Lipinski definition) is 3. The molecule has 176 valence electrons. The molecule has 1 aliphatic heterocycles. The molecule has 32 heavy (non-hydrogen) atoms. The van der Waals surface area contributed by atoms with Crippen LogP contribution >= 0.6 is 0 Å². The lowest BCUT2D eigenvalue weighted by Crippen LogP contribution is -2.48. The molecular weight excluding hydrogens is 410 g/mol. The molecule has 0 bridgehead atoms. The second-order valence-corrected chi connectivity index (χ2v) is 7.97. The van der Waals surface area contributed by atoms with E-state index in [9.17, 15) is 19.2 Å². The number of carbonyl (C=O) groups excluding carboxylic acids is 4. The third-order valence-electron chi connectivity index (χ3n) is 5.55. The van der Waals surface area contributed by atoms with Gasteiger partial charge in [-0.25, -0.2) is 0 Å². The zero-order valence-electron chi connectivity index (χ0n) is 18.8. The SMILES string of the molecule is CCC(=O)N(c1ccccc1)C1CCN(CCNC(=O)CCCC(=O)NCC(N)=O)CC1. The number of primary amides is 1. The van der Waals surface area contributed by atoms with Gasteiger partial charge >= 0.3 is 0 Å². The van der Waals surface area contributed by atoms with Crippen LogP contribution in [0, 0.1) is 0 Å². The fraction of sp³-hybridized carbons (Fsp3) is 0.565. The largest absolute Gasteiger partial charge is 0.368 e. The van der Waals surface area contributed by atoms with Crippen LogP contribution in [0.2, 0.25) is 0 Å². The quantitative estimate of drug-likeness (QED) is 0.439. The van der Waals surface area contributed by atoms with Crippen molar-refractivity contribution in [1.82, 2.24) is 15.5 Å². The lowest BCUT2D eigenvalue weighted by molar-refractivity contribution is -0.125. The summed E-state index contributed by atoms with van der Waals surface area (Å²) in [6.07, 6.45) is 3.14. The third-order valence-corrected chi connectivity index (χ3v) is 5.55. The molecule has 0 aromatic heterocycles. The Morgan fingerprint density at radius 2 is 1.66 bits per heavy atom. The van der Waals surface area contributed by atoms with Crippen molar-refractivity contribution in [1.29, 1.82) is 0 Å². The van der Waals surface area contributed by atoms with E-state index in [1.165, 1.54) is 0 Å². The maximum Gasteiger partial charge on any atom is 0.236 e. The summed E-state index contributed by atoms with van der Waals surface area (Å²) in [5.74, 6) is -0.827. The van der Waals surface area contributed by atoms with Crippen molar-refractivity contribution in [3.8, 4) is 0 Å². The Labute approximate surface area is 189 Å². The monoisotopic (exact) mass is 445 g/mol. The highest BCUT2D eigenvalue weighted by Gasteiger charge is 2.28. The first kappa shape index (κ1) is 25.3. The molecule has 1 aromatic carbocycles. The number of hydrogen-bond acceptors (Lipinski definition) is 5. The number of carbonyl (C=O) groups is 4. The Morgan fingerprint density at radius 3 is 2.25 bits per heavy atom. The van der Waals surface area contributed by atoms with Crippen molar-refractivity contribution in [2.75, 3.05) is 37.6 Å². The van der Waals surface area contributed by atoms with E-state index in [4.69, 9.17) is 5.73 Å². The number of anilines is 1. The molecule has 0 saturated carbocycles. The van der Waals surface area contributed by atoms with E-state index >= 15 is 0 Å². The van der Waals surface area contributed by atoms with Gasteiger partial charge in [0, 0.05) is 57.2 Å². The van der Waals surface area contributed by atoms with Gasteiger partial charge in [0.05, 0.1) is 6.54 Å². The highest BCUT2D eigenvalue weighted by molar-refractivity contribution is 5.93. The summed E-state index contributed by atoms with van der Waals surface area (Å²) in [7, 11) is 0. The van der Waals surface area contributed by atoms with Gasteiger partial charge in [-0.3, -0.25) is 19.2 Å². The topological polar surface area (TPSA) is 125 Å². The highest BCUT2D eigenvalue weighted by Crippen LogP contribution is 2.24. The number of nitrogens with zero attached hydrogens (tertiary/aromatic N) is 2. The number of amides is 4. The number of piperidine rings is 1. The van der Waals surface area contributed by atoms with Crippen LogP contribution in [0.5, 0.6) is 0 Å². The first-order chi connectivity index (χ1) is 15.4. The Hall–Kier alpha value is -2.94. The lowest BCUT2D eigenvalue weighted by Gasteiger charge is -2.38. The van der Waals surface area contributed by atoms with Gasteiger partial charge in [0.2, 0.25) is 23.6 Å². The van der Waals surface area contributed by atoms with Crippen LogP contribution in [0.4, 0.5) is 5.69 Å². The van der Waals surface area contributed by atoms with E-state index in [0.29, 0.717) is 19.4 Å². The highest BCUT2D eigenvalue weighted by atomic mass is 16.2. The Balaban J connectivity index is 1.65. The summed E-state index contributed by atoms with van der Waals surface area (Å²) in [4.78, 5) is 50.9. The van der Waals surface area contributed by atoms with Crippen LogP contribution < -0.4 is 21.3 Å². The predicted octanol–water partition coefficient (Wildman–Crippen LogP) is 0.782. The van der Waals surface area contributed by atoms with Crippen LogP contribution in [0.1, 0.15) is 45.4 Å². The van der Waals surface area contributed by atoms with Crippen LogP contribution in [0.25, 0.3) is 0 Å². The van der Waals surface area contributed by atoms with Gasteiger partial charge < -0.3 is 26.2 Å². The summed E-state index contributed by atoms with van der Waals surface area (Å²) in [5.41, 5.74) is 5.92. The van der Waals surface area contributed by atoms with Crippen LogP contribution in [-0.2, 0) is 19.2 Å². The van der Waals surface area contributed by atoms with Gasteiger partial charge in [-0.15, -0.1) is 0 Å². The van der Waals surface area contributed by atoms with Crippen molar-refractivity contribution in [2.45, 2.75) is 51.5 Å². The van der Waals surface area contributed by atoms with E-state index in [-0.39, 0.29) is 43.1 Å². The van der Waals surface area contributed by atoms with Gasteiger partial charge in [0.25, 0.3) is 0 Å². The van der Waals surface area contributed by atoms with E-state index in [1.807, 2.05) is 42.2 Å². The van der Waals surface area contributed by atoms with Crippen molar-refractivity contribution >= 4 is 29.3 Å². The lowest BCUT2D eigenvalue weighted by atomic mass is 10.0. The van der Waals surface area contributed by atoms with Gasteiger partial charge in [-0.1, -0.05) is 25.1 Å². The first-order valence-electron chi connectivity index (χ1n) is 11.3. The fourth-order valence-corrected chi connectivity index (χ4v) is 3.84. The molecule has 1 fully saturated rings. The fourth-order valence-electron chi connectivity index (χ4n) is 3.84. The number of likely N-dealkylation sites (tertiary alicyclic amines) is 1. The number of nitrogens with one attached hydrogen (secondary N) is 2. The summed E-state index contributed by atoms with van der Waals surface area (Å²) in [5, 5.41) is 5.29. The molecule has 0 radical (unpaired) electrons. The average molecular weight is 446 g/mol. The number of benzene rings is 1. The molecule has 0 aliphatic carbocycles. The second kappa shape index (κ2) is 13.5. The number of nitrogens with two attached hydrogens (primary N) is 1. The summed E-state index contributed by atoms with van der Waals surface area (Å²) >= 11 is 0. The summed E-state index contributed by atoms with van der Waals surface area (Å²) in [6.45, 7) is 4.76. The number of para-hydroxylation sites is 1. The standard InChI is InChI=1S/C23H35N5O4/c1-2-23(32)28(18-7-4-3-5-8-18)19-11-14-27(15-12-19)16-13-25-21(30)9-6-10-22(31)26-17-20(24)29/h3-5,7-8,19H,2,6,9-17H2,1H3,(H2,24,29)(H,25,30)(H,26,31). The zero-order chi connectivity index (χ0) is 23.3.